The Morgan fingerprint density at radius 1 is 1.09 bits per heavy atom. The number of thiazole rings is 1. The summed E-state index contributed by atoms with van der Waals surface area (Å²) in [6, 6.07) is 11.9. The Kier molecular flexibility index (Phi) is 6.13. The van der Waals surface area contributed by atoms with Crippen molar-refractivity contribution in [2.24, 2.45) is 0 Å². The first-order chi connectivity index (χ1) is 16.0. The van der Waals surface area contributed by atoms with Crippen molar-refractivity contribution in [3.05, 3.63) is 64.5 Å². The van der Waals surface area contributed by atoms with E-state index < -0.39 is 16.5 Å². The van der Waals surface area contributed by atoms with Crippen LogP contribution in [0.2, 0.25) is 0 Å². The van der Waals surface area contributed by atoms with Crippen LogP contribution >= 0.6 is 11.3 Å². The summed E-state index contributed by atoms with van der Waals surface area (Å²) < 4.78 is 11.2. The van der Waals surface area contributed by atoms with E-state index >= 15 is 0 Å². The van der Waals surface area contributed by atoms with Gasteiger partial charge in [-0.3, -0.25) is 25.8 Å². The number of carbonyl (C=O) groups excluding carboxylic acids is 1. The fourth-order valence-electron chi connectivity index (χ4n) is 2.94. The topological polar surface area (TPSA) is 153 Å². The van der Waals surface area contributed by atoms with Gasteiger partial charge >= 0.3 is 5.69 Å². The Balaban J connectivity index is 1.58. The second-order valence-corrected chi connectivity index (χ2v) is 7.46. The van der Waals surface area contributed by atoms with E-state index in [2.05, 4.69) is 31.1 Å². The Morgan fingerprint density at radius 3 is 2.64 bits per heavy atom. The number of rotatable bonds is 8. The molecular formula is C20H17N7O5S. The fourth-order valence-corrected chi connectivity index (χ4v) is 3.83. The molecule has 0 saturated heterocycles. The number of methoxy groups -OCH3 is 2. The highest BCUT2D eigenvalue weighted by molar-refractivity contribution is 7.22. The number of hydrogen-bond donors (Lipinski definition) is 3. The molecule has 4 aromatic rings. The second-order valence-electron chi connectivity index (χ2n) is 6.43. The van der Waals surface area contributed by atoms with Crippen molar-refractivity contribution in [3.8, 4) is 11.5 Å². The van der Waals surface area contributed by atoms with Gasteiger partial charge in [0.15, 0.2) is 5.13 Å². The Morgan fingerprint density at radius 2 is 1.88 bits per heavy atom. The number of ether oxygens (including phenoxy) is 2. The van der Waals surface area contributed by atoms with E-state index in [4.69, 9.17) is 9.47 Å². The molecule has 0 saturated carbocycles. The van der Waals surface area contributed by atoms with Gasteiger partial charge < -0.3 is 14.8 Å². The Hall–Kier alpha value is -4.52. The van der Waals surface area contributed by atoms with E-state index in [9.17, 15) is 14.9 Å². The van der Waals surface area contributed by atoms with Crippen LogP contribution in [-0.4, -0.2) is 40.0 Å². The van der Waals surface area contributed by atoms with Gasteiger partial charge in [-0.2, -0.15) is 0 Å². The molecule has 0 radical (unpaired) electrons. The molecule has 4 rings (SSSR count). The van der Waals surface area contributed by atoms with Gasteiger partial charge in [0.25, 0.3) is 5.91 Å². The van der Waals surface area contributed by atoms with Crippen molar-refractivity contribution in [3.63, 3.8) is 0 Å². The molecule has 33 heavy (non-hydrogen) atoms. The molecule has 0 fully saturated rings. The van der Waals surface area contributed by atoms with Gasteiger partial charge in [0.2, 0.25) is 11.6 Å². The monoisotopic (exact) mass is 467 g/mol. The number of benzene rings is 2. The summed E-state index contributed by atoms with van der Waals surface area (Å²) >= 11 is 1.28. The molecule has 0 bridgehead atoms. The molecule has 0 atom stereocenters. The highest BCUT2D eigenvalue weighted by Gasteiger charge is 2.25. The van der Waals surface area contributed by atoms with Crippen LogP contribution in [0.3, 0.4) is 0 Å². The molecule has 13 heteroatoms. The Labute approximate surface area is 190 Å². The minimum Gasteiger partial charge on any atom is -0.497 e. The van der Waals surface area contributed by atoms with E-state index in [-0.39, 0.29) is 17.2 Å². The standard InChI is InChI=1S/C20H17N7O5S/c1-31-11-7-8-13-15(9-11)33-20(23-13)24-17-16(27(29)30)18(22-10-21-17)25-26-19(28)12-5-3-4-6-14(12)32-2/h3-10H,1-2H3,(H,26,28)(H2,21,22,23,24,25). The van der Waals surface area contributed by atoms with Crippen LogP contribution in [0.25, 0.3) is 10.2 Å². The smallest absolute Gasteiger partial charge is 0.355 e. The lowest BCUT2D eigenvalue weighted by atomic mass is 10.2. The van der Waals surface area contributed by atoms with Gasteiger partial charge in [-0.1, -0.05) is 23.5 Å². The van der Waals surface area contributed by atoms with Crippen LogP contribution in [0.15, 0.2) is 48.8 Å². The van der Waals surface area contributed by atoms with Gasteiger partial charge in [-0.25, -0.2) is 15.0 Å². The normalized spacial score (nSPS) is 10.5. The van der Waals surface area contributed by atoms with Crippen LogP contribution in [0.5, 0.6) is 11.5 Å². The zero-order valence-electron chi connectivity index (χ0n) is 17.4. The summed E-state index contributed by atoms with van der Waals surface area (Å²) in [4.78, 5) is 35.9. The van der Waals surface area contributed by atoms with Crippen LogP contribution in [0.4, 0.5) is 22.5 Å². The minimum atomic E-state index is -0.656. The third-order valence-corrected chi connectivity index (χ3v) is 5.41. The highest BCUT2D eigenvalue weighted by atomic mass is 32.1. The van der Waals surface area contributed by atoms with Crippen LogP contribution in [0, 0.1) is 10.1 Å². The predicted octanol–water partition coefficient (Wildman–Crippen LogP) is 3.51. The first kappa shape index (κ1) is 21.7. The van der Waals surface area contributed by atoms with Gasteiger partial charge in [-0.05, 0) is 30.3 Å². The van der Waals surface area contributed by atoms with Crippen LogP contribution in [-0.2, 0) is 0 Å². The quantitative estimate of drug-likeness (QED) is 0.259. The van der Waals surface area contributed by atoms with E-state index in [1.165, 1.54) is 18.4 Å². The molecule has 0 aliphatic heterocycles. The molecule has 0 spiro atoms. The first-order valence-corrected chi connectivity index (χ1v) is 10.2. The first-order valence-electron chi connectivity index (χ1n) is 9.40. The van der Waals surface area contributed by atoms with Crippen molar-refractivity contribution >= 4 is 49.9 Å². The minimum absolute atomic E-state index is 0.0879. The summed E-state index contributed by atoms with van der Waals surface area (Å²) in [5, 5.41) is 15.0. The fraction of sp³-hybridized carbons (Fsp3) is 0.100. The number of aromatic nitrogens is 3. The van der Waals surface area contributed by atoms with E-state index in [0.717, 1.165) is 11.0 Å². The van der Waals surface area contributed by atoms with Crippen molar-refractivity contribution in [2.45, 2.75) is 0 Å². The second kappa shape index (κ2) is 9.32. The maximum absolute atomic E-state index is 12.5. The lowest BCUT2D eigenvalue weighted by Crippen LogP contribution is -2.30. The molecule has 168 valence electrons. The summed E-state index contributed by atoms with van der Waals surface area (Å²) in [6.07, 6.45) is 1.13. The zero-order valence-corrected chi connectivity index (χ0v) is 18.2. The number of anilines is 3. The van der Waals surface area contributed by atoms with Gasteiger partial charge in [0, 0.05) is 0 Å². The molecule has 0 unspecified atom stereocenters. The predicted molar refractivity (Wildman–Crippen MR) is 122 cm³/mol. The molecule has 0 aliphatic rings. The molecule has 12 nitrogen and oxygen atoms in total. The summed E-state index contributed by atoms with van der Waals surface area (Å²) in [5.41, 5.74) is 5.36. The number of nitrogens with zero attached hydrogens (tertiary/aromatic N) is 4. The maximum atomic E-state index is 12.5. The molecule has 1 amide bonds. The number of nitro groups is 1. The molecule has 3 N–H and O–H groups in total. The maximum Gasteiger partial charge on any atom is 0.355 e. The number of hydrogen-bond acceptors (Lipinski definition) is 11. The van der Waals surface area contributed by atoms with E-state index in [1.807, 2.05) is 6.07 Å². The molecular weight excluding hydrogens is 450 g/mol. The van der Waals surface area contributed by atoms with Gasteiger partial charge in [-0.15, -0.1) is 0 Å². The lowest BCUT2D eigenvalue weighted by Gasteiger charge is -2.11. The average molecular weight is 467 g/mol. The Bertz CT molecular complexity index is 1340. The molecule has 2 aromatic heterocycles. The molecule has 2 heterocycles. The number of fused-ring (bicyclic) bond motifs is 1. The number of nitrogens with one attached hydrogen (secondary N) is 3. The largest absolute Gasteiger partial charge is 0.497 e. The van der Waals surface area contributed by atoms with Crippen LogP contribution in [0.1, 0.15) is 10.4 Å². The molecule has 0 aliphatic carbocycles. The summed E-state index contributed by atoms with van der Waals surface area (Å²) in [5.74, 6) is 0.167. The molecule has 2 aromatic carbocycles. The van der Waals surface area contributed by atoms with Crippen molar-refractivity contribution < 1.29 is 19.2 Å². The zero-order chi connectivity index (χ0) is 23.4. The number of carbonyl (C=O) groups is 1. The van der Waals surface area contributed by atoms with Crippen LogP contribution < -0.4 is 25.6 Å². The number of amides is 1. The third-order valence-electron chi connectivity index (χ3n) is 4.47. The van der Waals surface area contributed by atoms with Crippen molar-refractivity contribution in [2.75, 3.05) is 25.0 Å². The van der Waals surface area contributed by atoms with Crippen molar-refractivity contribution in [1.82, 2.24) is 20.4 Å². The SMILES string of the molecule is COc1ccc2nc(Nc3ncnc(NNC(=O)c4ccccc4OC)c3[N+](=O)[O-])sc2c1. The number of hydrazine groups is 1. The average Bonchev–Trinajstić information content (AvgIpc) is 3.23. The van der Waals surface area contributed by atoms with E-state index in [1.54, 1.807) is 43.5 Å². The summed E-state index contributed by atoms with van der Waals surface area (Å²) in [6.45, 7) is 0. The number of para-hydroxylation sites is 1. The van der Waals surface area contributed by atoms with Gasteiger partial charge in [0.05, 0.1) is 34.9 Å². The third kappa shape index (κ3) is 4.57. The lowest BCUT2D eigenvalue weighted by molar-refractivity contribution is -0.383. The highest BCUT2D eigenvalue weighted by Crippen LogP contribution is 2.35. The summed E-state index contributed by atoms with van der Waals surface area (Å²) in [7, 11) is 3.00. The van der Waals surface area contributed by atoms with E-state index in [0.29, 0.717) is 22.1 Å². The van der Waals surface area contributed by atoms with Crippen molar-refractivity contribution in [1.29, 1.82) is 0 Å². The van der Waals surface area contributed by atoms with Gasteiger partial charge in [0.1, 0.15) is 17.8 Å².